The van der Waals surface area contributed by atoms with Crippen LogP contribution in [-0.2, 0) is 17.7 Å². The van der Waals surface area contributed by atoms with Crippen molar-refractivity contribution in [2.24, 2.45) is 0 Å². The van der Waals surface area contributed by atoms with Crippen molar-refractivity contribution >= 4 is 0 Å². The molecule has 130 valence electrons. The molecule has 24 heavy (non-hydrogen) atoms. The highest BCUT2D eigenvalue weighted by Crippen LogP contribution is 2.33. The number of hydrogen-bond acceptors (Lipinski definition) is 6. The highest BCUT2D eigenvalue weighted by molar-refractivity contribution is 5.42. The van der Waals surface area contributed by atoms with Gasteiger partial charge in [-0.1, -0.05) is 6.92 Å². The average Bonchev–Trinajstić information content (AvgIpc) is 3.11. The van der Waals surface area contributed by atoms with Gasteiger partial charge < -0.3 is 18.6 Å². The quantitative estimate of drug-likeness (QED) is 0.811. The summed E-state index contributed by atoms with van der Waals surface area (Å²) in [4.78, 5) is 6.80. The molecule has 1 fully saturated rings. The molecule has 0 spiro atoms. The van der Waals surface area contributed by atoms with Crippen molar-refractivity contribution in [3.63, 3.8) is 0 Å². The summed E-state index contributed by atoms with van der Waals surface area (Å²) in [7, 11) is 3.27. The number of methoxy groups -OCH3 is 2. The molecule has 3 heterocycles. The largest absolute Gasteiger partial charge is 0.493 e. The molecule has 6 heteroatoms. The zero-order valence-electron chi connectivity index (χ0n) is 14.4. The molecule has 0 aliphatic carbocycles. The molecule has 0 amide bonds. The molecule has 0 bridgehead atoms. The number of pyridine rings is 1. The molecule has 0 aromatic carbocycles. The number of aryl methyl sites for hydroxylation is 1. The fourth-order valence-corrected chi connectivity index (χ4v) is 3.01. The second kappa shape index (κ2) is 7.68. The standard InChI is InChI=1S/C18H24N2O4/c1-4-13-5-6-16(24-13)15-12-23-10-9-20(15)11-14-18(22-3)17(21-2)7-8-19-14/h5-8,15H,4,9-12H2,1-3H3/t15-/m0/s1. The Morgan fingerprint density at radius 3 is 2.83 bits per heavy atom. The van der Waals surface area contributed by atoms with E-state index in [-0.39, 0.29) is 6.04 Å². The lowest BCUT2D eigenvalue weighted by Crippen LogP contribution is -2.39. The zero-order chi connectivity index (χ0) is 16.9. The van der Waals surface area contributed by atoms with Crippen LogP contribution in [0.25, 0.3) is 0 Å². The number of rotatable bonds is 6. The molecule has 0 radical (unpaired) electrons. The summed E-state index contributed by atoms with van der Waals surface area (Å²) in [6, 6.07) is 5.96. The van der Waals surface area contributed by atoms with Crippen LogP contribution in [0.2, 0.25) is 0 Å². The number of furan rings is 1. The van der Waals surface area contributed by atoms with Crippen LogP contribution >= 0.6 is 0 Å². The van der Waals surface area contributed by atoms with Crippen LogP contribution in [0.3, 0.4) is 0 Å². The Morgan fingerprint density at radius 1 is 1.25 bits per heavy atom. The van der Waals surface area contributed by atoms with Gasteiger partial charge in [0.2, 0.25) is 0 Å². The van der Waals surface area contributed by atoms with Gasteiger partial charge in [0.05, 0.1) is 33.5 Å². The van der Waals surface area contributed by atoms with Gasteiger partial charge in [0, 0.05) is 31.8 Å². The lowest BCUT2D eigenvalue weighted by atomic mass is 10.1. The van der Waals surface area contributed by atoms with Gasteiger partial charge in [-0.25, -0.2) is 0 Å². The third-order valence-corrected chi connectivity index (χ3v) is 4.32. The van der Waals surface area contributed by atoms with E-state index in [4.69, 9.17) is 18.6 Å². The van der Waals surface area contributed by atoms with E-state index in [2.05, 4.69) is 16.8 Å². The SMILES string of the molecule is CCc1ccc([C@@H]2COCCN2Cc2nccc(OC)c2OC)o1. The second-order valence-electron chi connectivity index (χ2n) is 5.71. The van der Waals surface area contributed by atoms with Gasteiger partial charge >= 0.3 is 0 Å². The molecule has 3 rings (SSSR count). The van der Waals surface area contributed by atoms with E-state index in [1.807, 2.05) is 12.1 Å². The van der Waals surface area contributed by atoms with Crippen molar-refractivity contribution in [2.75, 3.05) is 34.0 Å². The third kappa shape index (κ3) is 3.39. The Morgan fingerprint density at radius 2 is 2.12 bits per heavy atom. The maximum atomic E-state index is 5.94. The number of nitrogens with zero attached hydrogens (tertiary/aromatic N) is 2. The first-order chi connectivity index (χ1) is 11.8. The molecule has 1 aliphatic rings. The molecule has 0 N–H and O–H groups in total. The van der Waals surface area contributed by atoms with E-state index in [0.717, 1.165) is 30.2 Å². The van der Waals surface area contributed by atoms with Crippen molar-refractivity contribution in [3.05, 3.63) is 41.6 Å². The number of aromatic nitrogens is 1. The summed E-state index contributed by atoms with van der Waals surface area (Å²) in [5.41, 5.74) is 0.853. The van der Waals surface area contributed by atoms with Crippen LogP contribution in [0.5, 0.6) is 11.5 Å². The average molecular weight is 332 g/mol. The van der Waals surface area contributed by atoms with E-state index in [1.54, 1.807) is 26.5 Å². The molecule has 2 aromatic heterocycles. The van der Waals surface area contributed by atoms with Gasteiger partial charge in [-0.3, -0.25) is 9.88 Å². The maximum absolute atomic E-state index is 5.94. The predicted octanol–water partition coefficient (Wildman–Crippen LogP) is 2.83. The normalized spacial score (nSPS) is 18.5. The fourth-order valence-electron chi connectivity index (χ4n) is 3.01. The summed E-state index contributed by atoms with van der Waals surface area (Å²) < 4.78 is 22.5. The summed E-state index contributed by atoms with van der Waals surface area (Å²) in [5, 5.41) is 0. The van der Waals surface area contributed by atoms with Crippen LogP contribution in [0.15, 0.2) is 28.8 Å². The second-order valence-corrected chi connectivity index (χ2v) is 5.71. The minimum atomic E-state index is 0.0803. The van der Waals surface area contributed by atoms with Crippen molar-refractivity contribution in [1.82, 2.24) is 9.88 Å². The summed E-state index contributed by atoms with van der Waals surface area (Å²) in [6.07, 6.45) is 2.63. The van der Waals surface area contributed by atoms with Crippen molar-refractivity contribution in [1.29, 1.82) is 0 Å². The highest BCUT2D eigenvalue weighted by atomic mass is 16.5. The van der Waals surface area contributed by atoms with E-state index in [0.29, 0.717) is 31.3 Å². The van der Waals surface area contributed by atoms with Crippen LogP contribution in [0.4, 0.5) is 0 Å². The van der Waals surface area contributed by atoms with Crippen LogP contribution < -0.4 is 9.47 Å². The molecule has 0 saturated carbocycles. The molecular formula is C18H24N2O4. The molecule has 1 atom stereocenters. The number of morpholine rings is 1. The molecule has 1 saturated heterocycles. The van der Waals surface area contributed by atoms with Crippen LogP contribution in [0.1, 0.15) is 30.2 Å². The van der Waals surface area contributed by atoms with E-state index >= 15 is 0 Å². The molecule has 6 nitrogen and oxygen atoms in total. The Bertz CT molecular complexity index is 671. The predicted molar refractivity (Wildman–Crippen MR) is 89.4 cm³/mol. The molecule has 1 aliphatic heterocycles. The smallest absolute Gasteiger partial charge is 0.183 e. The zero-order valence-corrected chi connectivity index (χ0v) is 14.4. The summed E-state index contributed by atoms with van der Waals surface area (Å²) in [5.74, 6) is 3.30. The van der Waals surface area contributed by atoms with Crippen LogP contribution in [0, 0.1) is 0 Å². The molecule has 2 aromatic rings. The van der Waals surface area contributed by atoms with Crippen molar-refractivity contribution in [2.45, 2.75) is 25.9 Å². The minimum Gasteiger partial charge on any atom is -0.493 e. The van der Waals surface area contributed by atoms with Crippen LogP contribution in [-0.4, -0.2) is 43.9 Å². The third-order valence-electron chi connectivity index (χ3n) is 4.32. The monoisotopic (exact) mass is 332 g/mol. The number of ether oxygens (including phenoxy) is 3. The van der Waals surface area contributed by atoms with Gasteiger partial charge in [0.15, 0.2) is 11.5 Å². The van der Waals surface area contributed by atoms with E-state index < -0.39 is 0 Å². The Kier molecular flexibility index (Phi) is 5.37. The Balaban J connectivity index is 1.84. The lowest BCUT2D eigenvalue weighted by Gasteiger charge is -2.34. The first-order valence-electron chi connectivity index (χ1n) is 8.23. The van der Waals surface area contributed by atoms with Gasteiger partial charge in [0.1, 0.15) is 17.2 Å². The summed E-state index contributed by atoms with van der Waals surface area (Å²) >= 11 is 0. The lowest BCUT2D eigenvalue weighted by molar-refractivity contribution is -0.0214. The van der Waals surface area contributed by atoms with Crippen molar-refractivity contribution in [3.8, 4) is 11.5 Å². The first-order valence-corrected chi connectivity index (χ1v) is 8.23. The number of hydrogen-bond donors (Lipinski definition) is 0. The molecular weight excluding hydrogens is 308 g/mol. The highest BCUT2D eigenvalue weighted by Gasteiger charge is 2.28. The van der Waals surface area contributed by atoms with Gasteiger partial charge in [0.25, 0.3) is 0 Å². The minimum absolute atomic E-state index is 0.0803. The summed E-state index contributed by atoms with van der Waals surface area (Å²) in [6.45, 7) is 4.86. The Hall–Kier alpha value is -2.05. The van der Waals surface area contributed by atoms with Gasteiger partial charge in [-0.2, -0.15) is 0 Å². The fraction of sp³-hybridized carbons (Fsp3) is 0.500. The van der Waals surface area contributed by atoms with E-state index in [9.17, 15) is 0 Å². The first kappa shape index (κ1) is 16.8. The van der Waals surface area contributed by atoms with Gasteiger partial charge in [-0.05, 0) is 12.1 Å². The maximum Gasteiger partial charge on any atom is 0.183 e. The van der Waals surface area contributed by atoms with Crippen molar-refractivity contribution < 1.29 is 18.6 Å². The topological polar surface area (TPSA) is 57.0 Å². The Labute approximate surface area is 142 Å². The van der Waals surface area contributed by atoms with E-state index in [1.165, 1.54) is 0 Å². The van der Waals surface area contributed by atoms with Gasteiger partial charge in [-0.15, -0.1) is 0 Å². The molecule has 0 unspecified atom stereocenters.